The maximum absolute atomic E-state index is 11.7. The summed E-state index contributed by atoms with van der Waals surface area (Å²) in [5.74, 6) is 0. The molecule has 0 bridgehead atoms. The first-order chi connectivity index (χ1) is 13.2. The molecule has 0 radical (unpaired) electrons. The molecule has 27 heavy (non-hydrogen) atoms. The van der Waals surface area contributed by atoms with Gasteiger partial charge in [0.2, 0.25) is 0 Å². The number of hydrogen-bond donors (Lipinski definition) is 0. The summed E-state index contributed by atoms with van der Waals surface area (Å²) in [6.07, 6.45) is 6.40. The van der Waals surface area contributed by atoms with E-state index < -0.39 is 12.3 Å². The predicted molar refractivity (Wildman–Crippen MR) is 97.7 cm³/mol. The first kappa shape index (κ1) is 23.5. The minimum Gasteiger partial charge on any atom is -0.432 e. The molecule has 2 atom stereocenters. The summed E-state index contributed by atoms with van der Waals surface area (Å²) >= 11 is 0. The van der Waals surface area contributed by atoms with E-state index in [2.05, 4.69) is 0 Å². The van der Waals surface area contributed by atoms with Crippen molar-refractivity contribution in [3.8, 4) is 0 Å². The predicted octanol–water partition coefficient (Wildman–Crippen LogP) is 3.85. The molecular weight excluding hydrogens is 356 g/mol. The molecule has 8 nitrogen and oxygen atoms in total. The lowest BCUT2D eigenvalue weighted by Crippen LogP contribution is -2.21. The highest BCUT2D eigenvalue weighted by Crippen LogP contribution is 2.21. The van der Waals surface area contributed by atoms with E-state index in [0.29, 0.717) is 13.2 Å². The summed E-state index contributed by atoms with van der Waals surface area (Å²) in [7, 11) is 3.10. The van der Waals surface area contributed by atoms with Crippen molar-refractivity contribution in [3.63, 3.8) is 0 Å². The first-order valence-corrected chi connectivity index (χ1v) is 9.80. The molecule has 0 saturated heterocycles. The van der Waals surface area contributed by atoms with Gasteiger partial charge in [-0.15, -0.1) is 0 Å². The summed E-state index contributed by atoms with van der Waals surface area (Å²) in [6.45, 7) is 1.10. The zero-order valence-electron chi connectivity index (χ0n) is 16.6. The number of carbonyl (C=O) groups is 2. The number of rotatable bonds is 8. The van der Waals surface area contributed by atoms with Gasteiger partial charge in [0, 0.05) is 14.2 Å². The van der Waals surface area contributed by atoms with E-state index in [0.717, 1.165) is 57.8 Å². The second kappa shape index (κ2) is 15.5. The monoisotopic (exact) mass is 390 g/mol. The molecule has 0 spiro atoms. The van der Waals surface area contributed by atoms with Gasteiger partial charge in [-0.05, 0) is 51.4 Å². The average Bonchev–Trinajstić information content (AvgIpc) is 2.68. The van der Waals surface area contributed by atoms with Gasteiger partial charge in [-0.2, -0.15) is 0 Å². The minimum atomic E-state index is -0.632. The van der Waals surface area contributed by atoms with Gasteiger partial charge >= 0.3 is 12.3 Å². The molecule has 1 aliphatic carbocycles. The molecule has 0 heterocycles. The molecule has 8 heteroatoms. The number of methoxy groups -OCH3 is 2. The molecule has 1 fully saturated rings. The number of ether oxygens (including phenoxy) is 6. The molecule has 1 rings (SSSR count). The molecule has 0 aromatic heterocycles. The Morgan fingerprint density at radius 2 is 1.00 bits per heavy atom. The fourth-order valence-electron chi connectivity index (χ4n) is 2.95. The van der Waals surface area contributed by atoms with E-state index in [1.165, 1.54) is 0 Å². The van der Waals surface area contributed by atoms with Crippen molar-refractivity contribution in [2.75, 3.05) is 40.6 Å². The van der Waals surface area contributed by atoms with Crippen LogP contribution in [0.15, 0.2) is 0 Å². The molecule has 0 N–H and O–H groups in total. The Kier molecular flexibility index (Phi) is 13.5. The topological polar surface area (TPSA) is 89.5 Å². The minimum absolute atomic E-state index is 0.128. The quantitative estimate of drug-likeness (QED) is 0.456. The summed E-state index contributed by atoms with van der Waals surface area (Å²) in [4.78, 5) is 23.4. The third-order valence-corrected chi connectivity index (χ3v) is 4.39. The Balaban J connectivity index is 2.33. The zero-order valence-corrected chi connectivity index (χ0v) is 16.6. The van der Waals surface area contributed by atoms with E-state index in [1.807, 2.05) is 0 Å². The van der Waals surface area contributed by atoms with Crippen molar-refractivity contribution in [1.82, 2.24) is 0 Å². The van der Waals surface area contributed by atoms with Gasteiger partial charge < -0.3 is 28.4 Å². The molecule has 2 unspecified atom stereocenters. The second-order valence-corrected chi connectivity index (χ2v) is 6.58. The molecule has 1 saturated carbocycles. The summed E-state index contributed by atoms with van der Waals surface area (Å²) < 4.78 is 30.5. The molecule has 0 aromatic carbocycles. The molecule has 1 aliphatic rings. The van der Waals surface area contributed by atoms with Crippen molar-refractivity contribution in [1.29, 1.82) is 0 Å². The summed E-state index contributed by atoms with van der Waals surface area (Å²) in [5.41, 5.74) is 0. The zero-order chi connectivity index (χ0) is 19.7. The van der Waals surface area contributed by atoms with Gasteiger partial charge in [-0.3, -0.25) is 0 Å². The summed E-state index contributed by atoms with van der Waals surface area (Å²) in [5, 5.41) is 0. The van der Waals surface area contributed by atoms with Crippen LogP contribution in [0.2, 0.25) is 0 Å². The normalized spacial score (nSPS) is 21.6. The van der Waals surface area contributed by atoms with E-state index in [-0.39, 0.29) is 25.4 Å². The molecular formula is C19H34O8. The van der Waals surface area contributed by atoms with Crippen LogP contribution in [0.3, 0.4) is 0 Å². The van der Waals surface area contributed by atoms with Crippen LogP contribution < -0.4 is 0 Å². The van der Waals surface area contributed by atoms with Gasteiger partial charge in [-0.25, -0.2) is 9.59 Å². The van der Waals surface area contributed by atoms with Crippen LogP contribution in [0.4, 0.5) is 9.59 Å². The van der Waals surface area contributed by atoms with E-state index in [4.69, 9.17) is 28.4 Å². The fourth-order valence-corrected chi connectivity index (χ4v) is 2.95. The second-order valence-electron chi connectivity index (χ2n) is 6.58. The highest BCUT2D eigenvalue weighted by atomic mass is 16.7. The Labute approximate surface area is 161 Å². The van der Waals surface area contributed by atoms with Crippen molar-refractivity contribution in [2.24, 2.45) is 0 Å². The van der Waals surface area contributed by atoms with Crippen molar-refractivity contribution in [3.05, 3.63) is 0 Å². The SMILES string of the molecule is COCCOC(=O)OC1CCCCCC(OC(=O)OCCOC)CCCC1. The number of hydrogen-bond acceptors (Lipinski definition) is 8. The molecule has 158 valence electrons. The van der Waals surface area contributed by atoms with Gasteiger partial charge in [0.15, 0.2) is 0 Å². The third-order valence-electron chi connectivity index (χ3n) is 4.39. The van der Waals surface area contributed by atoms with Crippen LogP contribution in [0.25, 0.3) is 0 Å². The maximum atomic E-state index is 11.7. The maximum Gasteiger partial charge on any atom is 0.508 e. The lowest BCUT2D eigenvalue weighted by Gasteiger charge is -2.18. The lowest BCUT2D eigenvalue weighted by molar-refractivity contribution is 0.00259. The van der Waals surface area contributed by atoms with Crippen LogP contribution in [0, 0.1) is 0 Å². The number of carbonyl (C=O) groups excluding carboxylic acids is 2. The van der Waals surface area contributed by atoms with Gasteiger partial charge in [0.25, 0.3) is 0 Å². The Morgan fingerprint density at radius 1 is 0.630 bits per heavy atom. The van der Waals surface area contributed by atoms with Gasteiger partial charge in [0.05, 0.1) is 13.2 Å². The van der Waals surface area contributed by atoms with Crippen LogP contribution in [-0.4, -0.2) is 65.2 Å². The van der Waals surface area contributed by atoms with Crippen LogP contribution in [0.5, 0.6) is 0 Å². The largest absolute Gasteiger partial charge is 0.508 e. The Hall–Kier alpha value is -1.54. The van der Waals surface area contributed by atoms with Crippen molar-refractivity contribution in [2.45, 2.75) is 70.0 Å². The van der Waals surface area contributed by atoms with Gasteiger partial charge in [-0.1, -0.05) is 6.42 Å². The van der Waals surface area contributed by atoms with Crippen LogP contribution >= 0.6 is 0 Å². The van der Waals surface area contributed by atoms with Crippen LogP contribution in [0.1, 0.15) is 57.8 Å². The summed E-state index contributed by atoms with van der Waals surface area (Å²) in [6, 6.07) is 0. The average molecular weight is 390 g/mol. The molecule has 0 aromatic rings. The molecule has 0 amide bonds. The van der Waals surface area contributed by atoms with E-state index in [1.54, 1.807) is 14.2 Å². The standard InChI is InChI=1S/C19H34O8/c1-22-12-14-24-18(20)26-16-8-4-3-5-9-17(11-7-6-10-16)27-19(21)25-15-13-23-2/h16-17H,3-15H2,1-2H3. The van der Waals surface area contributed by atoms with E-state index in [9.17, 15) is 9.59 Å². The molecule has 0 aliphatic heterocycles. The highest BCUT2D eigenvalue weighted by Gasteiger charge is 2.19. The fraction of sp³-hybridized carbons (Fsp3) is 0.895. The smallest absolute Gasteiger partial charge is 0.432 e. The van der Waals surface area contributed by atoms with E-state index >= 15 is 0 Å². The third kappa shape index (κ3) is 12.5. The van der Waals surface area contributed by atoms with Crippen LogP contribution in [-0.2, 0) is 28.4 Å². The van der Waals surface area contributed by atoms with Crippen molar-refractivity contribution >= 4 is 12.3 Å². The first-order valence-electron chi connectivity index (χ1n) is 9.80. The van der Waals surface area contributed by atoms with Gasteiger partial charge in [0.1, 0.15) is 25.4 Å². The Morgan fingerprint density at radius 3 is 1.37 bits per heavy atom. The van der Waals surface area contributed by atoms with Crippen molar-refractivity contribution < 1.29 is 38.0 Å². The lowest BCUT2D eigenvalue weighted by atomic mass is 10.1. The Bertz CT molecular complexity index is 365. The highest BCUT2D eigenvalue weighted by molar-refractivity contribution is 5.60.